The SMILES string of the molecule is S=C(NCc1ccc2c(c1)OCO2)Nc1ncccn1. The molecule has 1 aromatic heterocycles. The van der Waals surface area contributed by atoms with E-state index in [1.165, 1.54) is 0 Å². The van der Waals surface area contributed by atoms with Gasteiger partial charge in [-0.1, -0.05) is 6.07 Å². The summed E-state index contributed by atoms with van der Waals surface area (Å²) >= 11 is 5.18. The minimum Gasteiger partial charge on any atom is -0.454 e. The third kappa shape index (κ3) is 2.94. The molecule has 0 spiro atoms. The van der Waals surface area contributed by atoms with Gasteiger partial charge in [0.25, 0.3) is 0 Å². The number of ether oxygens (including phenoxy) is 2. The molecule has 0 atom stereocenters. The van der Waals surface area contributed by atoms with Gasteiger partial charge in [-0.25, -0.2) is 9.97 Å². The predicted molar refractivity (Wildman–Crippen MR) is 77.7 cm³/mol. The van der Waals surface area contributed by atoms with Gasteiger partial charge < -0.3 is 20.1 Å². The van der Waals surface area contributed by atoms with Gasteiger partial charge in [0.05, 0.1) is 0 Å². The van der Waals surface area contributed by atoms with Crippen molar-refractivity contribution in [2.24, 2.45) is 0 Å². The van der Waals surface area contributed by atoms with Crippen molar-refractivity contribution >= 4 is 23.3 Å². The topological polar surface area (TPSA) is 68.3 Å². The number of nitrogens with zero attached hydrogens (tertiary/aromatic N) is 2. The Hall–Kier alpha value is -2.41. The van der Waals surface area contributed by atoms with Crippen molar-refractivity contribution in [3.63, 3.8) is 0 Å². The number of nitrogens with one attached hydrogen (secondary N) is 2. The second-order valence-electron chi connectivity index (χ2n) is 4.07. The van der Waals surface area contributed by atoms with Gasteiger partial charge in [0, 0.05) is 18.9 Å². The molecule has 0 aliphatic carbocycles. The third-order valence-electron chi connectivity index (χ3n) is 2.68. The van der Waals surface area contributed by atoms with Gasteiger partial charge in [0.1, 0.15) is 0 Å². The Labute approximate surface area is 121 Å². The average molecular weight is 288 g/mol. The third-order valence-corrected chi connectivity index (χ3v) is 2.93. The fourth-order valence-corrected chi connectivity index (χ4v) is 1.91. The summed E-state index contributed by atoms with van der Waals surface area (Å²) in [6, 6.07) is 7.52. The number of anilines is 1. The molecular formula is C13H12N4O2S. The van der Waals surface area contributed by atoms with Crippen LogP contribution in [0.4, 0.5) is 5.95 Å². The molecule has 1 aliphatic heterocycles. The molecule has 0 radical (unpaired) electrons. The molecule has 6 nitrogen and oxygen atoms in total. The van der Waals surface area contributed by atoms with Crippen LogP contribution in [0.3, 0.4) is 0 Å². The molecule has 0 bridgehead atoms. The van der Waals surface area contributed by atoms with Crippen molar-refractivity contribution in [1.82, 2.24) is 15.3 Å². The molecule has 0 unspecified atom stereocenters. The van der Waals surface area contributed by atoms with Gasteiger partial charge in [0.15, 0.2) is 16.6 Å². The molecule has 20 heavy (non-hydrogen) atoms. The summed E-state index contributed by atoms with van der Waals surface area (Å²) in [4.78, 5) is 8.07. The Morgan fingerprint density at radius 1 is 1.20 bits per heavy atom. The van der Waals surface area contributed by atoms with E-state index in [1.807, 2.05) is 18.2 Å². The van der Waals surface area contributed by atoms with Crippen LogP contribution in [0.15, 0.2) is 36.7 Å². The summed E-state index contributed by atoms with van der Waals surface area (Å²) in [6.45, 7) is 0.854. The van der Waals surface area contributed by atoms with E-state index in [0.29, 0.717) is 17.6 Å². The van der Waals surface area contributed by atoms with Crippen molar-refractivity contribution in [3.8, 4) is 11.5 Å². The molecule has 0 fully saturated rings. The lowest BCUT2D eigenvalue weighted by Gasteiger charge is -2.09. The maximum atomic E-state index is 5.32. The molecule has 1 aliphatic rings. The van der Waals surface area contributed by atoms with Crippen LogP contribution in [-0.4, -0.2) is 21.9 Å². The zero-order chi connectivity index (χ0) is 13.8. The van der Waals surface area contributed by atoms with Gasteiger partial charge in [-0.15, -0.1) is 0 Å². The van der Waals surface area contributed by atoms with Gasteiger partial charge in [-0.3, -0.25) is 0 Å². The second-order valence-corrected chi connectivity index (χ2v) is 4.48. The largest absolute Gasteiger partial charge is 0.454 e. The molecule has 2 N–H and O–H groups in total. The molecule has 0 saturated heterocycles. The summed E-state index contributed by atoms with van der Waals surface area (Å²) in [5.41, 5.74) is 1.05. The van der Waals surface area contributed by atoms with Crippen molar-refractivity contribution < 1.29 is 9.47 Å². The van der Waals surface area contributed by atoms with Gasteiger partial charge in [-0.05, 0) is 36.0 Å². The van der Waals surface area contributed by atoms with Crippen LogP contribution in [0.25, 0.3) is 0 Å². The lowest BCUT2D eigenvalue weighted by molar-refractivity contribution is 0.174. The van der Waals surface area contributed by atoms with Crippen LogP contribution in [-0.2, 0) is 6.54 Å². The summed E-state index contributed by atoms with van der Waals surface area (Å²) in [5, 5.41) is 6.46. The minimum atomic E-state index is 0.275. The Morgan fingerprint density at radius 3 is 2.85 bits per heavy atom. The lowest BCUT2D eigenvalue weighted by atomic mass is 10.2. The first-order chi connectivity index (χ1) is 9.81. The van der Waals surface area contributed by atoms with Gasteiger partial charge >= 0.3 is 0 Å². The van der Waals surface area contributed by atoms with Crippen LogP contribution in [0.1, 0.15) is 5.56 Å². The number of aromatic nitrogens is 2. The van der Waals surface area contributed by atoms with Crippen LogP contribution < -0.4 is 20.1 Å². The molecular weight excluding hydrogens is 276 g/mol. The molecule has 2 heterocycles. The van der Waals surface area contributed by atoms with Crippen LogP contribution in [0.5, 0.6) is 11.5 Å². The van der Waals surface area contributed by atoms with E-state index >= 15 is 0 Å². The highest BCUT2D eigenvalue weighted by atomic mass is 32.1. The number of benzene rings is 1. The molecule has 2 aromatic rings. The highest BCUT2D eigenvalue weighted by molar-refractivity contribution is 7.80. The quantitative estimate of drug-likeness (QED) is 0.833. The zero-order valence-electron chi connectivity index (χ0n) is 10.5. The summed E-state index contributed by atoms with van der Waals surface area (Å²) in [7, 11) is 0. The normalized spacial score (nSPS) is 12.0. The highest BCUT2D eigenvalue weighted by Gasteiger charge is 2.13. The summed E-state index contributed by atoms with van der Waals surface area (Å²) in [6.07, 6.45) is 3.30. The first-order valence-electron chi connectivity index (χ1n) is 6.02. The zero-order valence-corrected chi connectivity index (χ0v) is 11.3. The molecule has 1 aromatic carbocycles. The van der Waals surface area contributed by atoms with E-state index in [9.17, 15) is 0 Å². The summed E-state index contributed by atoms with van der Waals surface area (Å²) < 4.78 is 10.6. The molecule has 0 amide bonds. The minimum absolute atomic E-state index is 0.275. The average Bonchev–Trinajstić information content (AvgIpc) is 2.93. The Morgan fingerprint density at radius 2 is 2.00 bits per heavy atom. The molecule has 0 saturated carbocycles. The van der Waals surface area contributed by atoms with E-state index in [4.69, 9.17) is 21.7 Å². The van der Waals surface area contributed by atoms with E-state index in [0.717, 1.165) is 17.1 Å². The standard InChI is InChI=1S/C13H12N4O2S/c20-13(17-12-14-4-1-5-15-12)16-7-9-2-3-10-11(6-9)19-8-18-10/h1-6H,7-8H2,(H2,14,15,16,17,20). The fourth-order valence-electron chi connectivity index (χ4n) is 1.74. The Bertz CT molecular complexity index is 621. The first-order valence-corrected chi connectivity index (χ1v) is 6.42. The van der Waals surface area contributed by atoms with Crippen LogP contribution >= 0.6 is 12.2 Å². The molecule has 102 valence electrons. The molecule has 3 rings (SSSR count). The van der Waals surface area contributed by atoms with E-state index in [1.54, 1.807) is 18.5 Å². The number of hydrogen-bond donors (Lipinski definition) is 2. The maximum absolute atomic E-state index is 5.32. The number of fused-ring (bicyclic) bond motifs is 1. The second kappa shape index (κ2) is 5.70. The monoisotopic (exact) mass is 288 g/mol. The Kier molecular flexibility index (Phi) is 3.60. The maximum Gasteiger partial charge on any atom is 0.231 e. The van der Waals surface area contributed by atoms with Crippen LogP contribution in [0, 0.1) is 0 Å². The lowest BCUT2D eigenvalue weighted by Crippen LogP contribution is -2.28. The van der Waals surface area contributed by atoms with E-state index < -0.39 is 0 Å². The fraction of sp³-hybridized carbons (Fsp3) is 0.154. The van der Waals surface area contributed by atoms with Crippen molar-refractivity contribution in [2.45, 2.75) is 6.54 Å². The summed E-state index contributed by atoms with van der Waals surface area (Å²) in [5.74, 6) is 2.00. The number of hydrogen-bond acceptors (Lipinski definition) is 5. The highest BCUT2D eigenvalue weighted by Crippen LogP contribution is 2.32. The van der Waals surface area contributed by atoms with Crippen molar-refractivity contribution in [2.75, 3.05) is 12.1 Å². The van der Waals surface area contributed by atoms with Gasteiger partial charge in [-0.2, -0.15) is 0 Å². The predicted octanol–water partition coefficient (Wildman–Crippen LogP) is 1.69. The smallest absolute Gasteiger partial charge is 0.231 e. The van der Waals surface area contributed by atoms with Crippen LogP contribution in [0.2, 0.25) is 0 Å². The van der Waals surface area contributed by atoms with E-state index in [2.05, 4.69) is 20.6 Å². The molecule has 7 heteroatoms. The number of thiocarbonyl (C=S) groups is 1. The van der Waals surface area contributed by atoms with Crippen molar-refractivity contribution in [3.05, 3.63) is 42.2 Å². The number of rotatable bonds is 3. The first kappa shape index (κ1) is 12.6. The van der Waals surface area contributed by atoms with E-state index in [-0.39, 0.29) is 6.79 Å². The van der Waals surface area contributed by atoms with Crippen molar-refractivity contribution in [1.29, 1.82) is 0 Å². The Balaban J connectivity index is 1.55. The van der Waals surface area contributed by atoms with Gasteiger partial charge in [0.2, 0.25) is 12.7 Å².